The molecule has 2 aliphatic rings. The lowest BCUT2D eigenvalue weighted by Crippen LogP contribution is -2.38. The first-order valence-electron chi connectivity index (χ1n) is 7.94. The number of hydrogen-bond acceptors (Lipinski definition) is 3. The highest BCUT2D eigenvalue weighted by Crippen LogP contribution is 2.24. The molecule has 3 rings (SSSR count). The molecule has 1 aromatic carbocycles. The number of aryl methyl sites for hydroxylation is 1. The Kier molecular flexibility index (Phi) is 4.39. The molecule has 0 amide bonds. The number of aliphatic hydroxyl groups excluding tert-OH is 1. The van der Waals surface area contributed by atoms with Gasteiger partial charge in [0, 0.05) is 19.1 Å². The molecule has 2 atom stereocenters. The lowest BCUT2D eigenvalue weighted by molar-refractivity contribution is 0.107. The Labute approximate surface area is 122 Å². The van der Waals surface area contributed by atoms with Gasteiger partial charge in [-0.25, -0.2) is 0 Å². The molecule has 0 saturated carbocycles. The van der Waals surface area contributed by atoms with Crippen molar-refractivity contribution in [2.75, 3.05) is 32.7 Å². The van der Waals surface area contributed by atoms with Crippen LogP contribution in [-0.4, -0.2) is 53.7 Å². The van der Waals surface area contributed by atoms with Crippen LogP contribution in [0.2, 0.25) is 0 Å². The minimum Gasteiger partial charge on any atom is -0.387 e. The van der Waals surface area contributed by atoms with Gasteiger partial charge in [0.1, 0.15) is 0 Å². The first-order valence-corrected chi connectivity index (χ1v) is 7.94. The van der Waals surface area contributed by atoms with E-state index in [9.17, 15) is 5.11 Å². The van der Waals surface area contributed by atoms with Gasteiger partial charge in [0.2, 0.25) is 0 Å². The molecule has 2 saturated heterocycles. The third-order valence-corrected chi connectivity index (χ3v) is 4.87. The molecule has 0 aromatic heterocycles. The van der Waals surface area contributed by atoms with Crippen molar-refractivity contribution in [3.05, 3.63) is 35.4 Å². The molecule has 20 heavy (non-hydrogen) atoms. The van der Waals surface area contributed by atoms with Crippen molar-refractivity contribution in [2.24, 2.45) is 0 Å². The predicted octanol–water partition coefficient (Wildman–Crippen LogP) is 2.20. The SMILES string of the molecule is Cc1ccccc1C(O)CN1CCCN2CCCC2C1. The van der Waals surface area contributed by atoms with E-state index in [0.717, 1.165) is 31.2 Å². The van der Waals surface area contributed by atoms with Gasteiger partial charge in [-0.2, -0.15) is 0 Å². The Morgan fingerprint density at radius 3 is 2.85 bits per heavy atom. The van der Waals surface area contributed by atoms with Crippen LogP contribution in [0.1, 0.15) is 36.5 Å². The third-order valence-electron chi connectivity index (χ3n) is 4.87. The van der Waals surface area contributed by atoms with Gasteiger partial charge in [0.15, 0.2) is 0 Å². The van der Waals surface area contributed by atoms with Crippen LogP contribution in [0.5, 0.6) is 0 Å². The maximum atomic E-state index is 10.5. The summed E-state index contributed by atoms with van der Waals surface area (Å²) in [5, 5.41) is 10.5. The molecular weight excluding hydrogens is 248 g/mol. The van der Waals surface area contributed by atoms with E-state index in [4.69, 9.17) is 0 Å². The van der Waals surface area contributed by atoms with E-state index in [1.807, 2.05) is 12.1 Å². The summed E-state index contributed by atoms with van der Waals surface area (Å²) in [4.78, 5) is 5.10. The summed E-state index contributed by atoms with van der Waals surface area (Å²) in [6, 6.07) is 8.92. The highest BCUT2D eigenvalue weighted by atomic mass is 16.3. The average molecular weight is 274 g/mol. The summed E-state index contributed by atoms with van der Waals surface area (Å²) in [6.45, 7) is 7.62. The van der Waals surface area contributed by atoms with Crippen LogP contribution in [0.3, 0.4) is 0 Å². The number of hydrogen-bond donors (Lipinski definition) is 1. The number of aliphatic hydroxyl groups is 1. The largest absolute Gasteiger partial charge is 0.387 e. The van der Waals surface area contributed by atoms with Crippen molar-refractivity contribution in [3.63, 3.8) is 0 Å². The van der Waals surface area contributed by atoms with Gasteiger partial charge in [-0.15, -0.1) is 0 Å². The molecule has 0 aliphatic carbocycles. The molecule has 1 N–H and O–H groups in total. The Balaban J connectivity index is 1.63. The maximum absolute atomic E-state index is 10.5. The minimum absolute atomic E-state index is 0.357. The molecule has 110 valence electrons. The van der Waals surface area contributed by atoms with Gasteiger partial charge in [-0.1, -0.05) is 24.3 Å². The fraction of sp³-hybridized carbons (Fsp3) is 0.647. The smallest absolute Gasteiger partial charge is 0.0919 e. The fourth-order valence-electron chi connectivity index (χ4n) is 3.75. The summed E-state index contributed by atoms with van der Waals surface area (Å²) >= 11 is 0. The summed E-state index contributed by atoms with van der Waals surface area (Å²) in [6.07, 6.45) is 3.55. The number of β-amino-alcohol motifs (C(OH)–C–C–N with tert-alkyl or cyclic N) is 1. The third kappa shape index (κ3) is 3.05. The van der Waals surface area contributed by atoms with E-state index in [0.29, 0.717) is 0 Å². The van der Waals surface area contributed by atoms with Crippen molar-refractivity contribution in [1.29, 1.82) is 0 Å². The van der Waals surface area contributed by atoms with Crippen LogP contribution < -0.4 is 0 Å². The maximum Gasteiger partial charge on any atom is 0.0919 e. The molecule has 2 heterocycles. The van der Waals surface area contributed by atoms with Gasteiger partial charge >= 0.3 is 0 Å². The van der Waals surface area contributed by atoms with Crippen LogP contribution in [0.25, 0.3) is 0 Å². The molecule has 0 spiro atoms. The highest BCUT2D eigenvalue weighted by Gasteiger charge is 2.29. The van der Waals surface area contributed by atoms with E-state index in [-0.39, 0.29) is 6.10 Å². The summed E-state index contributed by atoms with van der Waals surface area (Å²) in [5.74, 6) is 0. The first-order chi connectivity index (χ1) is 9.74. The second-order valence-electron chi connectivity index (χ2n) is 6.32. The monoisotopic (exact) mass is 274 g/mol. The molecule has 1 aromatic rings. The molecule has 0 radical (unpaired) electrons. The van der Waals surface area contributed by atoms with Crippen molar-refractivity contribution in [3.8, 4) is 0 Å². The van der Waals surface area contributed by atoms with E-state index < -0.39 is 0 Å². The summed E-state index contributed by atoms with van der Waals surface area (Å²) in [7, 11) is 0. The zero-order valence-electron chi connectivity index (χ0n) is 12.5. The molecule has 2 unspecified atom stereocenters. The molecule has 3 heteroatoms. The van der Waals surface area contributed by atoms with Crippen LogP contribution in [0, 0.1) is 6.92 Å². The lowest BCUT2D eigenvalue weighted by atomic mass is 10.0. The summed E-state index contributed by atoms with van der Waals surface area (Å²) < 4.78 is 0. The quantitative estimate of drug-likeness (QED) is 0.915. The minimum atomic E-state index is -0.357. The van der Waals surface area contributed by atoms with Crippen molar-refractivity contribution >= 4 is 0 Å². The van der Waals surface area contributed by atoms with Crippen LogP contribution >= 0.6 is 0 Å². The fourth-order valence-corrected chi connectivity index (χ4v) is 3.75. The number of fused-ring (bicyclic) bond motifs is 1. The van der Waals surface area contributed by atoms with Gasteiger partial charge in [-0.05, 0) is 56.9 Å². The standard InChI is InChI=1S/C17H26N2O/c1-14-6-2-3-8-16(14)17(20)13-18-9-5-11-19-10-4-7-15(19)12-18/h2-3,6,8,15,17,20H,4-5,7,9-13H2,1H3. The van der Waals surface area contributed by atoms with E-state index in [1.54, 1.807) is 0 Å². The number of nitrogens with zero attached hydrogens (tertiary/aromatic N) is 2. The van der Waals surface area contributed by atoms with E-state index >= 15 is 0 Å². The Morgan fingerprint density at radius 1 is 1.20 bits per heavy atom. The second kappa shape index (κ2) is 6.25. The summed E-state index contributed by atoms with van der Waals surface area (Å²) in [5.41, 5.74) is 2.28. The van der Waals surface area contributed by atoms with Gasteiger partial charge in [0.05, 0.1) is 6.10 Å². The molecule has 3 nitrogen and oxygen atoms in total. The normalized spacial score (nSPS) is 26.2. The van der Waals surface area contributed by atoms with Crippen LogP contribution in [0.15, 0.2) is 24.3 Å². The zero-order valence-corrected chi connectivity index (χ0v) is 12.5. The van der Waals surface area contributed by atoms with Gasteiger partial charge < -0.3 is 5.11 Å². The van der Waals surface area contributed by atoms with Gasteiger partial charge in [-0.3, -0.25) is 9.80 Å². The molecule has 0 bridgehead atoms. The molecule has 2 fully saturated rings. The molecular formula is C17H26N2O. The first kappa shape index (κ1) is 14.1. The highest BCUT2D eigenvalue weighted by molar-refractivity contribution is 5.27. The van der Waals surface area contributed by atoms with E-state index in [2.05, 4.69) is 28.9 Å². The number of benzene rings is 1. The van der Waals surface area contributed by atoms with Crippen LogP contribution in [0.4, 0.5) is 0 Å². The van der Waals surface area contributed by atoms with Crippen LogP contribution in [-0.2, 0) is 0 Å². The van der Waals surface area contributed by atoms with Crippen molar-refractivity contribution < 1.29 is 5.11 Å². The lowest BCUT2D eigenvalue weighted by Gasteiger charge is -2.27. The number of rotatable bonds is 3. The second-order valence-corrected chi connectivity index (χ2v) is 6.32. The topological polar surface area (TPSA) is 26.7 Å². The average Bonchev–Trinajstić information content (AvgIpc) is 2.78. The van der Waals surface area contributed by atoms with E-state index in [1.165, 1.54) is 37.9 Å². The molecule has 2 aliphatic heterocycles. The van der Waals surface area contributed by atoms with Crippen molar-refractivity contribution in [1.82, 2.24) is 9.80 Å². The van der Waals surface area contributed by atoms with Crippen molar-refractivity contribution in [2.45, 2.75) is 38.3 Å². The Morgan fingerprint density at radius 2 is 2.00 bits per heavy atom. The Bertz CT molecular complexity index is 448. The van der Waals surface area contributed by atoms with Gasteiger partial charge in [0.25, 0.3) is 0 Å². The zero-order chi connectivity index (χ0) is 13.9. The predicted molar refractivity (Wildman–Crippen MR) is 81.8 cm³/mol. The Hall–Kier alpha value is -0.900.